The Kier molecular flexibility index (Phi) is 8.75. The Bertz CT molecular complexity index is 1410. The van der Waals surface area contributed by atoms with Crippen LogP contribution in [0.2, 0.25) is 0 Å². The molecule has 1 heterocycles. The molecule has 1 atom stereocenters. The van der Waals surface area contributed by atoms with Crippen molar-refractivity contribution in [3.63, 3.8) is 0 Å². The summed E-state index contributed by atoms with van der Waals surface area (Å²) in [5.74, 6) is -1.91. The third-order valence-corrected chi connectivity index (χ3v) is 6.39. The zero-order valence-corrected chi connectivity index (χ0v) is 21.2. The maximum atomic E-state index is 13.4. The summed E-state index contributed by atoms with van der Waals surface area (Å²) in [5.41, 5.74) is 0.900. The molecule has 38 heavy (non-hydrogen) atoms. The van der Waals surface area contributed by atoms with E-state index in [1.54, 1.807) is 12.3 Å². The fourth-order valence-corrected chi connectivity index (χ4v) is 4.59. The number of benzene rings is 3. The summed E-state index contributed by atoms with van der Waals surface area (Å²) in [6.45, 7) is 1.87. The van der Waals surface area contributed by atoms with Crippen LogP contribution in [0.5, 0.6) is 11.5 Å². The summed E-state index contributed by atoms with van der Waals surface area (Å²) in [7, 11) is 0. The summed E-state index contributed by atoms with van der Waals surface area (Å²) in [4.78, 5) is 30.4. The Hall–Kier alpha value is -4.18. The normalized spacial score (nSPS) is 11.6. The third-order valence-electron chi connectivity index (χ3n) is 5.45. The lowest BCUT2D eigenvalue weighted by Crippen LogP contribution is -2.44. The molecule has 0 bridgehead atoms. The van der Waals surface area contributed by atoms with Crippen molar-refractivity contribution in [3.8, 4) is 21.9 Å². The highest BCUT2D eigenvalue weighted by molar-refractivity contribution is 7.19. The highest BCUT2D eigenvalue weighted by atomic mass is 32.1. The maximum Gasteiger partial charge on any atom is 0.248 e. The van der Waals surface area contributed by atoms with Crippen molar-refractivity contribution < 1.29 is 27.5 Å². The van der Waals surface area contributed by atoms with Gasteiger partial charge in [0.1, 0.15) is 35.0 Å². The Morgan fingerprint density at radius 2 is 1.68 bits per heavy atom. The van der Waals surface area contributed by atoms with Crippen molar-refractivity contribution in [3.05, 3.63) is 95.9 Å². The molecule has 0 fully saturated rings. The molecule has 0 saturated heterocycles. The minimum absolute atomic E-state index is 0.168. The van der Waals surface area contributed by atoms with Crippen molar-refractivity contribution in [2.24, 2.45) is 0 Å². The van der Waals surface area contributed by atoms with E-state index in [4.69, 9.17) is 4.74 Å². The molecule has 0 unspecified atom stereocenters. The Morgan fingerprint density at radius 3 is 2.39 bits per heavy atom. The van der Waals surface area contributed by atoms with Gasteiger partial charge in [-0.3, -0.25) is 9.59 Å². The summed E-state index contributed by atoms with van der Waals surface area (Å²) < 4.78 is 46.0. The fraction of sp³-hybridized carbons (Fsp3) is 0.179. The Labute approximate surface area is 221 Å². The zero-order chi connectivity index (χ0) is 27.1. The Morgan fingerprint density at radius 1 is 0.974 bits per heavy atom. The van der Waals surface area contributed by atoms with Gasteiger partial charge in [0, 0.05) is 17.8 Å². The monoisotopic (exact) mass is 539 g/mol. The first-order valence-corrected chi connectivity index (χ1v) is 12.7. The molecule has 0 saturated carbocycles. The summed E-state index contributed by atoms with van der Waals surface area (Å²) in [6.07, 6.45) is 2.30. The van der Waals surface area contributed by atoms with Gasteiger partial charge in [-0.25, -0.2) is 18.2 Å². The van der Waals surface area contributed by atoms with Crippen LogP contribution in [0.25, 0.3) is 10.4 Å². The van der Waals surface area contributed by atoms with Crippen LogP contribution in [-0.4, -0.2) is 22.8 Å². The smallest absolute Gasteiger partial charge is 0.248 e. The van der Waals surface area contributed by atoms with E-state index in [0.29, 0.717) is 29.5 Å². The molecule has 4 rings (SSSR count). The van der Waals surface area contributed by atoms with Crippen molar-refractivity contribution >= 4 is 28.3 Å². The average molecular weight is 540 g/mol. The number of halogens is 3. The van der Waals surface area contributed by atoms with E-state index < -0.39 is 29.5 Å². The molecule has 0 aliphatic carbocycles. The number of nitrogens with one attached hydrogen (secondary N) is 2. The number of para-hydroxylation sites is 1. The minimum Gasteiger partial charge on any atom is -0.457 e. The number of ether oxygens (including phenoxy) is 1. The van der Waals surface area contributed by atoms with Gasteiger partial charge >= 0.3 is 0 Å². The molecule has 10 heteroatoms. The predicted octanol–water partition coefficient (Wildman–Crippen LogP) is 6.49. The first-order valence-electron chi connectivity index (χ1n) is 11.8. The summed E-state index contributed by atoms with van der Waals surface area (Å²) >= 11 is 1.22. The number of carbonyl (C=O) groups excluding carboxylic acids is 2. The second-order valence-corrected chi connectivity index (χ2v) is 9.46. The quantitative estimate of drug-likeness (QED) is 0.242. The van der Waals surface area contributed by atoms with Gasteiger partial charge in [0.2, 0.25) is 11.8 Å². The molecule has 2 amide bonds. The number of rotatable bonds is 10. The zero-order valence-electron chi connectivity index (χ0n) is 20.3. The number of anilines is 1. The van der Waals surface area contributed by atoms with E-state index in [9.17, 15) is 22.8 Å². The molecule has 6 nitrogen and oxygen atoms in total. The molecule has 196 valence electrons. The fourth-order valence-electron chi connectivity index (χ4n) is 3.74. The van der Waals surface area contributed by atoms with E-state index in [-0.39, 0.29) is 17.8 Å². The summed E-state index contributed by atoms with van der Waals surface area (Å²) in [5, 5.41) is 5.69. The number of nitrogens with zero attached hydrogens (tertiary/aromatic N) is 1. The topological polar surface area (TPSA) is 80.3 Å². The van der Waals surface area contributed by atoms with E-state index in [1.807, 2.05) is 25.1 Å². The molecular weight excluding hydrogens is 515 g/mol. The van der Waals surface area contributed by atoms with Gasteiger partial charge in [-0.1, -0.05) is 36.8 Å². The minimum atomic E-state index is -0.854. The van der Waals surface area contributed by atoms with Gasteiger partial charge in [-0.05, 0) is 60.5 Å². The van der Waals surface area contributed by atoms with Gasteiger partial charge < -0.3 is 15.4 Å². The van der Waals surface area contributed by atoms with Crippen LogP contribution in [0.1, 0.15) is 25.3 Å². The highest BCUT2D eigenvalue weighted by Crippen LogP contribution is 2.37. The lowest BCUT2D eigenvalue weighted by atomic mass is 10.1. The van der Waals surface area contributed by atoms with E-state index in [1.165, 1.54) is 35.6 Å². The van der Waals surface area contributed by atoms with Crippen LogP contribution in [-0.2, 0) is 16.0 Å². The average Bonchev–Trinajstić information content (AvgIpc) is 3.33. The highest BCUT2D eigenvalue weighted by Gasteiger charge is 2.22. The lowest BCUT2D eigenvalue weighted by Gasteiger charge is -2.17. The number of hydrogen-bond acceptors (Lipinski definition) is 5. The number of aromatic nitrogens is 1. The van der Waals surface area contributed by atoms with Crippen molar-refractivity contribution in [2.45, 2.75) is 32.2 Å². The number of hydrogen-bond donors (Lipinski definition) is 2. The standard InChI is InChI=1S/C28H24F3N3O3S/c1-2-5-23(33-26(35)14-17-12-19(30)15-20(31)13-17)27(36)34-28-32-16-25(38-28)22-6-3-4-7-24(22)37-21-10-8-18(29)9-11-21/h3-4,6-13,15-16,23H,2,5,14H2,1H3,(H,33,35)(H,32,34,36)/t23-/m0/s1. The van der Waals surface area contributed by atoms with Gasteiger partial charge in [0.25, 0.3) is 0 Å². The molecule has 1 aromatic heterocycles. The van der Waals surface area contributed by atoms with Crippen LogP contribution in [0, 0.1) is 17.5 Å². The lowest BCUT2D eigenvalue weighted by molar-refractivity contribution is -0.126. The number of amides is 2. The van der Waals surface area contributed by atoms with Crippen molar-refractivity contribution in [2.75, 3.05) is 5.32 Å². The third kappa shape index (κ3) is 7.19. The maximum absolute atomic E-state index is 13.4. The van der Waals surface area contributed by atoms with Crippen LogP contribution in [0.4, 0.5) is 18.3 Å². The SMILES string of the molecule is CCC[C@H](NC(=O)Cc1cc(F)cc(F)c1)C(=O)Nc1ncc(-c2ccccc2Oc2ccc(F)cc2)s1. The molecule has 4 aromatic rings. The predicted molar refractivity (Wildman–Crippen MR) is 140 cm³/mol. The van der Waals surface area contributed by atoms with Gasteiger partial charge in [0.15, 0.2) is 5.13 Å². The summed E-state index contributed by atoms with van der Waals surface area (Å²) in [6, 6.07) is 14.9. The largest absolute Gasteiger partial charge is 0.457 e. The first kappa shape index (κ1) is 26.9. The van der Waals surface area contributed by atoms with Crippen molar-refractivity contribution in [1.29, 1.82) is 0 Å². The second kappa shape index (κ2) is 12.4. The van der Waals surface area contributed by atoms with E-state index >= 15 is 0 Å². The van der Waals surface area contributed by atoms with Crippen LogP contribution < -0.4 is 15.4 Å². The van der Waals surface area contributed by atoms with E-state index in [2.05, 4.69) is 15.6 Å². The Balaban J connectivity index is 1.43. The molecular formula is C28H24F3N3O3S. The molecule has 2 N–H and O–H groups in total. The van der Waals surface area contributed by atoms with Crippen LogP contribution in [0.3, 0.4) is 0 Å². The van der Waals surface area contributed by atoms with E-state index in [0.717, 1.165) is 28.6 Å². The second-order valence-electron chi connectivity index (χ2n) is 8.43. The molecule has 0 aliphatic heterocycles. The van der Waals surface area contributed by atoms with Crippen LogP contribution in [0.15, 0.2) is 72.9 Å². The van der Waals surface area contributed by atoms with Gasteiger partial charge in [0.05, 0.1) is 11.3 Å². The molecule has 3 aromatic carbocycles. The van der Waals surface area contributed by atoms with Gasteiger partial charge in [-0.15, -0.1) is 0 Å². The first-order chi connectivity index (χ1) is 18.3. The number of thiazole rings is 1. The van der Waals surface area contributed by atoms with Crippen LogP contribution >= 0.6 is 11.3 Å². The van der Waals surface area contributed by atoms with Gasteiger partial charge in [-0.2, -0.15) is 0 Å². The molecule has 0 radical (unpaired) electrons. The number of carbonyl (C=O) groups is 2. The van der Waals surface area contributed by atoms with Crippen molar-refractivity contribution in [1.82, 2.24) is 10.3 Å². The molecule has 0 spiro atoms. The molecule has 0 aliphatic rings.